The lowest BCUT2D eigenvalue weighted by Gasteiger charge is -2.08. The van der Waals surface area contributed by atoms with Gasteiger partial charge in [0, 0.05) is 22.3 Å². The van der Waals surface area contributed by atoms with Crippen LogP contribution < -0.4 is 10.6 Å². The Bertz CT molecular complexity index is 880. The van der Waals surface area contributed by atoms with Crippen molar-refractivity contribution in [3.8, 4) is 11.3 Å². The summed E-state index contributed by atoms with van der Waals surface area (Å²) in [6, 6.07) is 18.0. The number of hydrogen-bond donors (Lipinski definition) is 2. The molecule has 1 heterocycles. The molecule has 24 heavy (non-hydrogen) atoms. The minimum Gasteiger partial charge on any atom is -0.355 e. The summed E-state index contributed by atoms with van der Waals surface area (Å²) in [7, 11) is 0. The number of thiocarbonyl (C=S) groups is 1. The Kier molecular flexibility index (Phi) is 4.88. The molecule has 2 N–H and O–H groups in total. The molecule has 0 aliphatic rings. The molecule has 2 aromatic carbocycles. The van der Waals surface area contributed by atoms with E-state index in [0.29, 0.717) is 16.5 Å². The number of rotatable bonds is 3. The monoisotopic (exact) mass is 357 g/mol. The number of carbonyl (C=O) groups is 1. The van der Waals surface area contributed by atoms with Gasteiger partial charge in [0.1, 0.15) is 0 Å². The fourth-order valence-electron chi connectivity index (χ4n) is 2.02. The minimum atomic E-state index is -0.458. The van der Waals surface area contributed by atoms with Crippen molar-refractivity contribution >= 4 is 40.5 Å². The van der Waals surface area contributed by atoms with Crippen molar-refractivity contribution in [2.24, 2.45) is 0 Å². The largest absolute Gasteiger partial charge is 0.355 e. The van der Waals surface area contributed by atoms with Crippen LogP contribution in [0.4, 0.5) is 5.69 Å². The van der Waals surface area contributed by atoms with Crippen molar-refractivity contribution in [1.29, 1.82) is 0 Å². The topological polar surface area (TPSA) is 67.2 Å². The number of aromatic nitrogens is 1. The molecular formula is C17H12ClN3O2S. The summed E-state index contributed by atoms with van der Waals surface area (Å²) >= 11 is 11.0. The number of carbonyl (C=O) groups excluding carboxylic acids is 1. The third-order valence-electron chi connectivity index (χ3n) is 3.11. The van der Waals surface area contributed by atoms with Gasteiger partial charge in [0.25, 0.3) is 5.91 Å². The van der Waals surface area contributed by atoms with E-state index in [1.807, 2.05) is 30.3 Å². The zero-order chi connectivity index (χ0) is 16.9. The van der Waals surface area contributed by atoms with E-state index in [1.165, 1.54) is 0 Å². The lowest BCUT2D eigenvalue weighted by Crippen LogP contribution is -2.34. The number of nitrogens with one attached hydrogen (secondary N) is 2. The van der Waals surface area contributed by atoms with Crippen molar-refractivity contribution < 1.29 is 9.32 Å². The molecule has 0 saturated heterocycles. The summed E-state index contributed by atoms with van der Waals surface area (Å²) < 4.78 is 5.20. The Morgan fingerprint density at radius 3 is 2.62 bits per heavy atom. The lowest BCUT2D eigenvalue weighted by atomic mass is 10.1. The molecule has 5 nitrogen and oxygen atoms in total. The number of nitrogens with zero attached hydrogens (tertiary/aromatic N) is 1. The summed E-state index contributed by atoms with van der Waals surface area (Å²) in [5.74, 6) is 0.0509. The van der Waals surface area contributed by atoms with Crippen molar-refractivity contribution in [1.82, 2.24) is 10.5 Å². The second kappa shape index (κ2) is 7.25. The standard InChI is InChI=1S/C17H12ClN3O2S/c18-12-7-4-8-13(9-12)19-17(24)20-16(22)14-10-15(23-21-14)11-5-2-1-3-6-11/h1-10H,(H2,19,20,22,24). The molecule has 0 bridgehead atoms. The molecule has 1 amide bonds. The van der Waals surface area contributed by atoms with Crippen molar-refractivity contribution in [3.63, 3.8) is 0 Å². The molecule has 3 rings (SSSR count). The van der Waals surface area contributed by atoms with Crippen LogP contribution in [0.1, 0.15) is 10.5 Å². The fraction of sp³-hybridized carbons (Fsp3) is 0. The van der Waals surface area contributed by atoms with Gasteiger partial charge in [-0.2, -0.15) is 0 Å². The molecule has 0 aliphatic heterocycles. The minimum absolute atomic E-state index is 0.143. The van der Waals surface area contributed by atoms with Crippen molar-refractivity contribution in [2.75, 3.05) is 5.32 Å². The van der Waals surface area contributed by atoms with Gasteiger partial charge in [-0.05, 0) is 30.4 Å². The Hall–Kier alpha value is -2.70. The third-order valence-corrected chi connectivity index (χ3v) is 3.55. The molecule has 0 spiro atoms. The first-order valence-electron chi connectivity index (χ1n) is 7.02. The Balaban J connectivity index is 1.65. The highest BCUT2D eigenvalue weighted by Crippen LogP contribution is 2.19. The highest BCUT2D eigenvalue weighted by atomic mass is 35.5. The molecule has 0 radical (unpaired) electrons. The molecule has 0 aliphatic carbocycles. The average molecular weight is 358 g/mol. The first-order valence-corrected chi connectivity index (χ1v) is 7.80. The van der Waals surface area contributed by atoms with Crippen LogP contribution in [0.15, 0.2) is 65.2 Å². The van der Waals surface area contributed by atoms with E-state index in [9.17, 15) is 4.79 Å². The Morgan fingerprint density at radius 2 is 1.88 bits per heavy atom. The zero-order valence-electron chi connectivity index (χ0n) is 12.3. The normalized spacial score (nSPS) is 10.2. The smallest absolute Gasteiger partial charge is 0.279 e. The molecule has 3 aromatic rings. The number of hydrogen-bond acceptors (Lipinski definition) is 4. The SMILES string of the molecule is O=C(NC(=S)Nc1cccc(Cl)c1)c1cc(-c2ccccc2)on1. The van der Waals surface area contributed by atoms with Gasteiger partial charge in [0.15, 0.2) is 16.6 Å². The second-order valence-electron chi connectivity index (χ2n) is 4.86. The van der Waals surface area contributed by atoms with E-state index in [4.69, 9.17) is 28.3 Å². The third kappa shape index (κ3) is 3.98. The van der Waals surface area contributed by atoms with Crippen LogP contribution in [0.2, 0.25) is 5.02 Å². The summed E-state index contributed by atoms with van der Waals surface area (Å²) in [6.45, 7) is 0. The van der Waals surface area contributed by atoms with Crippen LogP contribution >= 0.6 is 23.8 Å². The van der Waals surface area contributed by atoms with E-state index >= 15 is 0 Å². The fourth-order valence-corrected chi connectivity index (χ4v) is 2.42. The number of halogens is 1. The first-order chi connectivity index (χ1) is 11.6. The summed E-state index contributed by atoms with van der Waals surface area (Å²) in [5.41, 5.74) is 1.66. The molecule has 0 atom stereocenters. The van der Waals surface area contributed by atoms with Gasteiger partial charge in [-0.3, -0.25) is 10.1 Å². The summed E-state index contributed by atoms with van der Waals surface area (Å²) in [5, 5.41) is 9.91. The molecule has 0 fully saturated rings. The van der Waals surface area contributed by atoms with Crippen LogP contribution in [0, 0.1) is 0 Å². The van der Waals surface area contributed by atoms with E-state index in [-0.39, 0.29) is 10.8 Å². The molecule has 7 heteroatoms. The first kappa shape index (κ1) is 16.2. The lowest BCUT2D eigenvalue weighted by molar-refractivity contribution is 0.0969. The van der Waals surface area contributed by atoms with Crippen LogP contribution in [0.3, 0.4) is 0 Å². The summed E-state index contributed by atoms with van der Waals surface area (Å²) in [6.07, 6.45) is 0. The van der Waals surface area contributed by atoms with Crippen LogP contribution in [-0.2, 0) is 0 Å². The van der Waals surface area contributed by atoms with Crippen molar-refractivity contribution in [3.05, 3.63) is 71.4 Å². The predicted molar refractivity (Wildman–Crippen MR) is 97.1 cm³/mol. The zero-order valence-corrected chi connectivity index (χ0v) is 13.9. The quantitative estimate of drug-likeness (QED) is 0.690. The maximum Gasteiger partial charge on any atom is 0.279 e. The van der Waals surface area contributed by atoms with Crippen LogP contribution in [-0.4, -0.2) is 16.2 Å². The highest BCUT2D eigenvalue weighted by Gasteiger charge is 2.14. The summed E-state index contributed by atoms with van der Waals surface area (Å²) in [4.78, 5) is 12.2. The predicted octanol–water partition coefficient (Wildman–Crippen LogP) is 4.12. The maximum atomic E-state index is 12.2. The van der Waals surface area contributed by atoms with Gasteiger partial charge in [-0.25, -0.2) is 0 Å². The number of amides is 1. The molecule has 0 saturated carbocycles. The molecule has 120 valence electrons. The maximum absolute atomic E-state index is 12.2. The molecular weight excluding hydrogens is 346 g/mol. The van der Waals surface area contributed by atoms with Gasteiger partial charge in [0.05, 0.1) is 0 Å². The number of anilines is 1. The molecule has 0 unspecified atom stereocenters. The van der Waals surface area contributed by atoms with Gasteiger partial charge < -0.3 is 9.84 Å². The van der Waals surface area contributed by atoms with E-state index in [0.717, 1.165) is 5.56 Å². The Labute approximate surface area is 148 Å². The van der Waals surface area contributed by atoms with Gasteiger partial charge >= 0.3 is 0 Å². The Morgan fingerprint density at radius 1 is 1.08 bits per heavy atom. The molecule has 1 aromatic heterocycles. The van der Waals surface area contributed by atoms with Gasteiger partial charge in [-0.15, -0.1) is 0 Å². The van der Waals surface area contributed by atoms with E-state index in [2.05, 4.69) is 15.8 Å². The average Bonchev–Trinajstić information content (AvgIpc) is 3.05. The van der Waals surface area contributed by atoms with Crippen LogP contribution in [0.5, 0.6) is 0 Å². The highest BCUT2D eigenvalue weighted by molar-refractivity contribution is 7.80. The van der Waals surface area contributed by atoms with Crippen LogP contribution in [0.25, 0.3) is 11.3 Å². The number of benzene rings is 2. The van der Waals surface area contributed by atoms with E-state index < -0.39 is 5.91 Å². The van der Waals surface area contributed by atoms with Gasteiger partial charge in [-0.1, -0.05) is 53.2 Å². The van der Waals surface area contributed by atoms with E-state index in [1.54, 1.807) is 30.3 Å². The van der Waals surface area contributed by atoms with Gasteiger partial charge in [0.2, 0.25) is 0 Å². The second-order valence-corrected chi connectivity index (χ2v) is 5.71. The van der Waals surface area contributed by atoms with Crippen molar-refractivity contribution in [2.45, 2.75) is 0 Å².